The van der Waals surface area contributed by atoms with Gasteiger partial charge >= 0.3 is 76.7 Å². The first-order valence-electron chi connectivity index (χ1n) is 3.43. The third kappa shape index (κ3) is 2.59. The van der Waals surface area contributed by atoms with Crippen LogP contribution in [0.2, 0.25) is 0 Å². The first-order chi connectivity index (χ1) is 5.72. The molecule has 4 heteroatoms. The molecule has 1 amide bonds. The van der Waals surface area contributed by atoms with Crippen molar-refractivity contribution in [3.05, 3.63) is 24.3 Å². The fraction of sp³-hybridized carbons (Fsp3) is 0.125. The molecule has 3 nitrogen and oxygen atoms in total. The summed E-state index contributed by atoms with van der Waals surface area (Å²) >= 11 is -1.00. The van der Waals surface area contributed by atoms with E-state index in [1.165, 1.54) is 6.92 Å². The first kappa shape index (κ1) is 9.14. The Kier molecular flexibility index (Phi) is 3.17. The molecular formula is C8H8AsNO2. The van der Waals surface area contributed by atoms with E-state index in [0.717, 1.165) is 4.35 Å². The van der Waals surface area contributed by atoms with E-state index in [0.29, 0.717) is 5.69 Å². The van der Waals surface area contributed by atoms with E-state index in [2.05, 4.69) is 5.32 Å². The SMILES string of the molecule is CC(=O)Nc1cccc([As]=O)c1. The second-order valence-electron chi connectivity index (χ2n) is 2.32. The third-order valence-corrected chi connectivity index (χ3v) is 2.30. The van der Waals surface area contributed by atoms with Gasteiger partial charge in [-0.05, 0) is 0 Å². The van der Waals surface area contributed by atoms with E-state index in [9.17, 15) is 8.53 Å². The van der Waals surface area contributed by atoms with Crippen molar-refractivity contribution in [2.24, 2.45) is 0 Å². The van der Waals surface area contributed by atoms with Crippen molar-refractivity contribution >= 4 is 31.6 Å². The molecule has 0 aliphatic rings. The van der Waals surface area contributed by atoms with Crippen LogP contribution in [0.15, 0.2) is 24.3 Å². The molecule has 0 spiro atoms. The molecule has 1 N–H and O–H groups in total. The standard InChI is InChI=1S/C8H8AsNO2/c1-6(11)10-8-4-2-3-7(5-8)9-12/h2-5H,1H3,(H,10,11). The van der Waals surface area contributed by atoms with Crippen LogP contribution in [0.1, 0.15) is 6.92 Å². The first-order valence-corrected chi connectivity index (χ1v) is 5.14. The zero-order valence-electron chi connectivity index (χ0n) is 6.57. The van der Waals surface area contributed by atoms with E-state index in [1.54, 1.807) is 24.3 Å². The van der Waals surface area contributed by atoms with Gasteiger partial charge in [-0.15, -0.1) is 0 Å². The second-order valence-corrected chi connectivity index (χ2v) is 3.79. The predicted octanol–water partition coefficient (Wildman–Crippen LogP) is 0.320. The van der Waals surface area contributed by atoms with Gasteiger partial charge < -0.3 is 0 Å². The van der Waals surface area contributed by atoms with Crippen molar-refractivity contribution in [1.82, 2.24) is 0 Å². The molecule has 0 saturated carbocycles. The maximum atomic E-state index is 10.6. The van der Waals surface area contributed by atoms with Crippen LogP contribution in [0.4, 0.5) is 5.69 Å². The molecule has 0 aliphatic carbocycles. The second kappa shape index (κ2) is 4.17. The topological polar surface area (TPSA) is 46.2 Å². The Bertz CT molecular complexity index is 312. The summed E-state index contributed by atoms with van der Waals surface area (Å²) in [6.45, 7) is 1.44. The van der Waals surface area contributed by atoms with Crippen molar-refractivity contribution in [3.8, 4) is 0 Å². The quantitative estimate of drug-likeness (QED) is 0.736. The van der Waals surface area contributed by atoms with Crippen LogP contribution < -0.4 is 9.67 Å². The summed E-state index contributed by atoms with van der Waals surface area (Å²) in [6.07, 6.45) is 0. The van der Waals surface area contributed by atoms with Gasteiger partial charge in [-0.2, -0.15) is 0 Å². The molecule has 0 atom stereocenters. The molecule has 0 bridgehead atoms. The fourth-order valence-corrected chi connectivity index (χ4v) is 1.55. The van der Waals surface area contributed by atoms with Crippen LogP contribution in [-0.2, 0) is 8.53 Å². The van der Waals surface area contributed by atoms with Crippen LogP contribution in [0.3, 0.4) is 0 Å². The zero-order chi connectivity index (χ0) is 8.97. The summed E-state index contributed by atoms with van der Waals surface area (Å²) in [5, 5.41) is 2.62. The summed E-state index contributed by atoms with van der Waals surface area (Å²) in [4.78, 5) is 10.6. The molecule has 0 radical (unpaired) electrons. The minimum atomic E-state index is -1.00. The molecule has 1 aromatic carbocycles. The van der Waals surface area contributed by atoms with Gasteiger partial charge in [0.2, 0.25) is 0 Å². The Morgan fingerprint density at radius 2 is 2.25 bits per heavy atom. The molecule has 0 unspecified atom stereocenters. The van der Waals surface area contributed by atoms with Gasteiger partial charge in [0.05, 0.1) is 0 Å². The molecule has 0 aliphatic heterocycles. The number of carbonyl (C=O) groups excluding carboxylic acids is 1. The predicted molar refractivity (Wildman–Crippen MR) is 46.8 cm³/mol. The summed E-state index contributed by atoms with van der Waals surface area (Å²) in [5.41, 5.74) is 0.700. The number of amides is 1. The molecule has 0 saturated heterocycles. The molecule has 12 heavy (non-hydrogen) atoms. The Balaban J connectivity index is 2.86. The Morgan fingerprint density at radius 3 is 2.83 bits per heavy atom. The molecule has 1 rings (SSSR count). The van der Waals surface area contributed by atoms with Gasteiger partial charge in [-0.1, -0.05) is 0 Å². The number of hydrogen-bond acceptors (Lipinski definition) is 2. The summed E-state index contributed by atoms with van der Waals surface area (Å²) in [6, 6.07) is 7.03. The number of benzene rings is 1. The van der Waals surface area contributed by atoms with Crippen molar-refractivity contribution in [2.75, 3.05) is 5.32 Å². The van der Waals surface area contributed by atoms with Crippen LogP contribution in [0.5, 0.6) is 0 Å². The Labute approximate surface area is 77.1 Å². The molecule has 1 aromatic rings. The Morgan fingerprint density at radius 1 is 1.50 bits per heavy atom. The maximum absolute atomic E-state index is 10.6. The van der Waals surface area contributed by atoms with Crippen LogP contribution >= 0.6 is 0 Å². The van der Waals surface area contributed by atoms with Crippen LogP contribution in [-0.4, -0.2) is 21.6 Å². The van der Waals surface area contributed by atoms with E-state index >= 15 is 0 Å². The summed E-state index contributed by atoms with van der Waals surface area (Å²) < 4.78 is 11.3. The van der Waals surface area contributed by atoms with Crippen molar-refractivity contribution in [1.29, 1.82) is 0 Å². The molecule has 0 heterocycles. The molecule has 0 fully saturated rings. The number of rotatable bonds is 2. The zero-order valence-corrected chi connectivity index (χ0v) is 8.45. The minimum absolute atomic E-state index is 0.116. The molecule has 62 valence electrons. The van der Waals surface area contributed by atoms with Gasteiger partial charge in [0, 0.05) is 0 Å². The number of anilines is 1. The molecular weight excluding hydrogens is 217 g/mol. The summed E-state index contributed by atoms with van der Waals surface area (Å²) in [7, 11) is 0. The van der Waals surface area contributed by atoms with Crippen molar-refractivity contribution < 1.29 is 8.53 Å². The van der Waals surface area contributed by atoms with Gasteiger partial charge in [0.15, 0.2) is 0 Å². The van der Waals surface area contributed by atoms with Crippen molar-refractivity contribution in [3.63, 3.8) is 0 Å². The van der Waals surface area contributed by atoms with E-state index in [4.69, 9.17) is 0 Å². The van der Waals surface area contributed by atoms with Crippen LogP contribution in [0, 0.1) is 0 Å². The van der Waals surface area contributed by atoms with Gasteiger partial charge in [0.25, 0.3) is 0 Å². The van der Waals surface area contributed by atoms with Gasteiger partial charge in [-0.25, -0.2) is 0 Å². The van der Waals surface area contributed by atoms with Crippen molar-refractivity contribution in [2.45, 2.75) is 6.92 Å². The van der Waals surface area contributed by atoms with Gasteiger partial charge in [-0.3, -0.25) is 0 Å². The van der Waals surface area contributed by atoms with Gasteiger partial charge in [0.1, 0.15) is 0 Å². The number of nitrogens with one attached hydrogen (secondary N) is 1. The fourth-order valence-electron chi connectivity index (χ4n) is 0.844. The van der Waals surface area contributed by atoms with E-state index in [1.807, 2.05) is 0 Å². The number of hydrogen-bond donors (Lipinski definition) is 1. The van der Waals surface area contributed by atoms with Crippen LogP contribution in [0.25, 0.3) is 0 Å². The number of carbonyl (C=O) groups is 1. The summed E-state index contributed by atoms with van der Waals surface area (Å²) in [5.74, 6) is -0.116. The third-order valence-electron chi connectivity index (χ3n) is 1.27. The Hall–Kier alpha value is -0.952. The normalized spacial score (nSPS) is 9.75. The average Bonchev–Trinajstić information content (AvgIpc) is 2.03. The van der Waals surface area contributed by atoms with E-state index < -0.39 is 15.7 Å². The van der Waals surface area contributed by atoms with E-state index in [-0.39, 0.29) is 5.91 Å². The monoisotopic (exact) mass is 225 g/mol. The average molecular weight is 225 g/mol. The molecule has 0 aromatic heterocycles.